The third-order valence-electron chi connectivity index (χ3n) is 2.35. The van der Waals surface area contributed by atoms with Gasteiger partial charge in [-0.05, 0) is 36.4 Å². The summed E-state index contributed by atoms with van der Waals surface area (Å²) in [7, 11) is 0. The molecule has 0 fully saturated rings. The average Bonchev–Trinajstić information content (AvgIpc) is 2.40. The lowest BCUT2D eigenvalue weighted by atomic mass is 10.2. The van der Waals surface area contributed by atoms with Crippen LogP contribution in [0, 0.1) is 0 Å². The molecule has 0 saturated carbocycles. The van der Waals surface area contributed by atoms with E-state index in [1.807, 2.05) is 0 Å². The molecular weight excluding hydrogens is 242 g/mol. The topological polar surface area (TPSA) is 91.2 Å². The molecule has 5 nitrogen and oxygen atoms in total. The third kappa shape index (κ3) is 3.57. The van der Waals surface area contributed by atoms with Crippen LogP contribution in [-0.2, 0) is 4.79 Å². The molecule has 0 unspecified atom stereocenters. The molecule has 0 aliphatic heterocycles. The van der Waals surface area contributed by atoms with E-state index in [-0.39, 0.29) is 0 Å². The molecule has 19 heavy (non-hydrogen) atoms. The summed E-state index contributed by atoms with van der Waals surface area (Å²) in [5.41, 5.74) is 12.0. The highest BCUT2D eigenvalue weighted by Gasteiger charge is 2.02. The Kier molecular flexibility index (Phi) is 3.78. The summed E-state index contributed by atoms with van der Waals surface area (Å²) in [6, 6.07) is 8.72. The Hall–Kier alpha value is -2.82. The Morgan fingerprint density at radius 2 is 1.95 bits per heavy atom. The van der Waals surface area contributed by atoms with E-state index in [9.17, 15) is 4.79 Å². The number of nitrogens with two attached hydrogens (primary N) is 2. The quantitative estimate of drug-likeness (QED) is 0.645. The standard InChI is InChI=1S/C14H13N3O2/c15-11-2-4-12(5-3-11)19-13-7-8-17-9-10(13)1-6-14(16)18/h1-9H,15H2,(H2,16,18)/b6-1-. The van der Waals surface area contributed by atoms with E-state index in [0.29, 0.717) is 22.7 Å². The lowest BCUT2D eigenvalue weighted by Gasteiger charge is -2.08. The summed E-state index contributed by atoms with van der Waals surface area (Å²) in [5, 5.41) is 0. The highest BCUT2D eigenvalue weighted by molar-refractivity contribution is 5.90. The second kappa shape index (κ2) is 5.68. The molecule has 1 amide bonds. The van der Waals surface area contributed by atoms with Crippen molar-refractivity contribution < 1.29 is 9.53 Å². The van der Waals surface area contributed by atoms with Gasteiger partial charge in [-0.3, -0.25) is 9.78 Å². The number of pyridine rings is 1. The van der Waals surface area contributed by atoms with E-state index in [1.165, 1.54) is 6.08 Å². The number of anilines is 1. The summed E-state index contributed by atoms with van der Waals surface area (Å²) >= 11 is 0. The number of nitrogen functional groups attached to an aromatic ring is 1. The number of ether oxygens (including phenoxy) is 1. The van der Waals surface area contributed by atoms with Crippen molar-refractivity contribution in [3.63, 3.8) is 0 Å². The predicted octanol–water partition coefficient (Wildman–Crippen LogP) is 1.95. The molecule has 2 aromatic rings. The van der Waals surface area contributed by atoms with Crippen LogP contribution in [0.4, 0.5) is 5.69 Å². The third-order valence-corrected chi connectivity index (χ3v) is 2.35. The van der Waals surface area contributed by atoms with Crippen molar-refractivity contribution in [1.29, 1.82) is 0 Å². The minimum Gasteiger partial charge on any atom is -0.457 e. The van der Waals surface area contributed by atoms with Gasteiger partial charge in [0.25, 0.3) is 0 Å². The van der Waals surface area contributed by atoms with Crippen LogP contribution in [0.1, 0.15) is 5.56 Å². The fourth-order valence-corrected chi connectivity index (χ4v) is 1.45. The number of rotatable bonds is 4. The fraction of sp³-hybridized carbons (Fsp3) is 0. The van der Waals surface area contributed by atoms with E-state index in [4.69, 9.17) is 16.2 Å². The van der Waals surface area contributed by atoms with Gasteiger partial charge in [0, 0.05) is 29.7 Å². The molecule has 1 aromatic carbocycles. The predicted molar refractivity (Wildman–Crippen MR) is 73.4 cm³/mol. The number of primary amides is 1. The van der Waals surface area contributed by atoms with Crippen LogP contribution in [0.5, 0.6) is 11.5 Å². The van der Waals surface area contributed by atoms with Crippen LogP contribution >= 0.6 is 0 Å². The first-order valence-electron chi connectivity index (χ1n) is 5.60. The first kappa shape index (κ1) is 12.6. The van der Waals surface area contributed by atoms with Gasteiger partial charge in [0.2, 0.25) is 5.91 Å². The largest absolute Gasteiger partial charge is 0.457 e. The number of hydrogen-bond donors (Lipinski definition) is 2. The van der Waals surface area contributed by atoms with Crippen LogP contribution in [0.2, 0.25) is 0 Å². The van der Waals surface area contributed by atoms with Gasteiger partial charge in [0.05, 0.1) is 0 Å². The van der Waals surface area contributed by atoms with Crippen molar-refractivity contribution >= 4 is 17.7 Å². The zero-order valence-electron chi connectivity index (χ0n) is 10.1. The van der Waals surface area contributed by atoms with Gasteiger partial charge in [-0.15, -0.1) is 0 Å². The Morgan fingerprint density at radius 3 is 2.63 bits per heavy atom. The fourth-order valence-electron chi connectivity index (χ4n) is 1.45. The van der Waals surface area contributed by atoms with Crippen molar-refractivity contribution in [2.24, 2.45) is 5.73 Å². The minimum atomic E-state index is -0.526. The second-order valence-electron chi connectivity index (χ2n) is 3.82. The highest BCUT2D eigenvalue weighted by atomic mass is 16.5. The minimum absolute atomic E-state index is 0.526. The van der Waals surface area contributed by atoms with Gasteiger partial charge in [0.15, 0.2) is 0 Å². The molecule has 0 aliphatic carbocycles. The van der Waals surface area contributed by atoms with Crippen LogP contribution < -0.4 is 16.2 Å². The monoisotopic (exact) mass is 255 g/mol. The van der Waals surface area contributed by atoms with E-state index in [2.05, 4.69) is 4.98 Å². The molecule has 1 aromatic heterocycles. The van der Waals surface area contributed by atoms with Crippen LogP contribution in [-0.4, -0.2) is 10.9 Å². The van der Waals surface area contributed by atoms with Crippen molar-refractivity contribution in [1.82, 2.24) is 4.98 Å². The number of amides is 1. The maximum atomic E-state index is 10.7. The zero-order chi connectivity index (χ0) is 13.7. The molecule has 0 saturated heterocycles. The van der Waals surface area contributed by atoms with Crippen molar-refractivity contribution in [3.8, 4) is 11.5 Å². The number of hydrogen-bond acceptors (Lipinski definition) is 4. The van der Waals surface area contributed by atoms with E-state index < -0.39 is 5.91 Å². The summed E-state index contributed by atoms with van der Waals surface area (Å²) < 4.78 is 5.70. The van der Waals surface area contributed by atoms with Crippen LogP contribution in [0.3, 0.4) is 0 Å². The van der Waals surface area contributed by atoms with Crippen molar-refractivity contribution in [2.45, 2.75) is 0 Å². The van der Waals surface area contributed by atoms with E-state index in [0.717, 1.165) is 0 Å². The number of nitrogens with zero attached hydrogens (tertiary/aromatic N) is 1. The number of carbonyl (C=O) groups is 1. The molecule has 0 bridgehead atoms. The molecule has 5 heteroatoms. The first-order valence-corrected chi connectivity index (χ1v) is 5.60. The van der Waals surface area contributed by atoms with Gasteiger partial charge in [0.1, 0.15) is 11.5 Å². The molecule has 96 valence electrons. The first-order chi connectivity index (χ1) is 9.15. The van der Waals surface area contributed by atoms with Gasteiger partial charge >= 0.3 is 0 Å². The lowest BCUT2D eigenvalue weighted by Crippen LogP contribution is -2.05. The maximum absolute atomic E-state index is 10.7. The number of benzene rings is 1. The summed E-state index contributed by atoms with van der Waals surface area (Å²) in [5.74, 6) is 0.702. The molecule has 4 N–H and O–H groups in total. The Bertz CT molecular complexity index is 606. The molecule has 0 spiro atoms. The molecule has 0 aliphatic rings. The molecule has 0 radical (unpaired) electrons. The summed E-state index contributed by atoms with van der Waals surface area (Å²) in [6.45, 7) is 0. The average molecular weight is 255 g/mol. The van der Waals surface area contributed by atoms with Gasteiger partial charge in [-0.25, -0.2) is 0 Å². The molecular formula is C14H13N3O2. The summed E-state index contributed by atoms with van der Waals surface area (Å²) in [6.07, 6.45) is 6.01. The number of carbonyl (C=O) groups excluding carboxylic acids is 1. The maximum Gasteiger partial charge on any atom is 0.241 e. The van der Waals surface area contributed by atoms with E-state index in [1.54, 1.807) is 48.8 Å². The molecule has 2 rings (SSSR count). The highest BCUT2D eigenvalue weighted by Crippen LogP contribution is 2.25. The SMILES string of the molecule is NC(=O)/C=C\c1cnccc1Oc1ccc(N)cc1. The lowest BCUT2D eigenvalue weighted by molar-refractivity contribution is -0.113. The number of aromatic nitrogens is 1. The van der Waals surface area contributed by atoms with Crippen LogP contribution in [0.25, 0.3) is 6.08 Å². The summed E-state index contributed by atoms with van der Waals surface area (Å²) in [4.78, 5) is 14.7. The van der Waals surface area contributed by atoms with E-state index >= 15 is 0 Å². The van der Waals surface area contributed by atoms with Gasteiger partial charge in [-0.2, -0.15) is 0 Å². The Labute approximate surface area is 110 Å². The Balaban J connectivity index is 2.24. The molecule has 0 atom stereocenters. The Morgan fingerprint density at radius 1 is 1.21 bits per heavy atom. The van der Waals surface area contributed by atoms with Gasteiger partial charge < -0.3 is 16.2 Å². The van der Waals surface area contributed by atoms with Crippen molar-refractivity contribution in [2.75, 3.05) is 5.73 Å². The normalized spacial score (nSPS) is 10.5. The van der Waals surface area contributed by atoms with Gasteiger partial charge in [-0.1, -0.05) is 0 Å². The second-order valence-corrected chi connectivity index (χ2v) is 3.82. The van der Waals surface area contributed by atoms with Crippen molar-refractivity contribution in [3.05, 3.63) is 54.4 Å². The zero-order valence-corrected chi connectivity index (χ0v) is 10.1. The van der Waals surface area contributed by atoms with Crippen LogP contribution in [0.15, 0.2) is 48.8 Å². The molecule has 1 heterocycles. The smallest absolute Gasteiger partial charge is 0.241 e.